The fourth-order valence-corrected chi connectivity index (χ4v) is 3.28. The number of carbonyl (C=O) groups excluding carboxylic acids is 1. The Morgan fingerprint density at radius 1 is 1.16 bits per heavy atom. The lowest BCUT2D eigenvalue weighted by molar-refractivity contribution is -0.0328. The number of carbonyl (C=O) groups is 1. The van der Waals surface area contributed by atoms with Gasteiger partial charge < -0.3 is 4.42 Å². The highest BCUT2D eigenvalue weighted by Crippen LogP contribution is 2.36. The molecule has 0 aliphatic heterocycles. The molecular formula is C14H7ClF3N3O2S2. The van der Waals surface area contributed by atoms with Gasteiger partial charge in [0.05, 0.1) is 9.21 Å². The largest absolute Gasteiger partial charge is 0.446 e. The summed E-state index contributed by atoms with van der Waals surface area (Å²) in [5.74, 6) is -0.382. The van der Waals surface area contributed by atoms with Gasteiger partial charge in [-0.2, -0.15) is 13.2 Å². The Morgan fingerprint density at radius 2 is 1.88 bits per heavy atom. The molecule has 3 aromatic rings. The van der Waals surface area contributed by atoms with Crippen LogP contribution < -0.4 is 5.32 Å². The molecule has 3 rings (SSSR count). The van der Waals surface area contributed by atoms with Crippen LogP contribution in [-0.4, -0.2) is 21.6 Å². The van der Waals surface area contributed by atoms with Crippen molar-refractivity contribution in [3.8, 4) is 10.8 Å². The number of halogens is 4. The van der Waals surface area contributed by atoms with Crippen LogP contribution >= 0.6 is 34.7 Å². The van der Waals surface area contributed by atoms with Gasteiger partial charge >= 0.3 is 11.5 Å². The molecule has 0 bridgehead atoms. The predicted octanol–water partition coefficient (Wildman–Crippen LogP) is 5.32. The number of thioether (sulfide) groups is 1. The molecule has 1 amide bonds. The first-order valence-corrected chi connectivity index (χ1v) is 8.58. The zero-order valence-corrected chi connectivity index (χ0v) is 14.4. The van der Waals surface area contributed by atoms with E-state index in [2.05, 4.69) is 15.5 Å². The molecule has 11 heteroatoms. The van der Waals surface area contributed by atoms with E-state index in [1.807, 2.05) is 0 Å². The van der Waals surface area contributed by atoms with Crippen molar-refractivity contribution in [2.75, 3.05) is 5.32 Å². The summed E-state index contributed by atoms with van der Waals surface area (Å²) in [4.78, 5) is 12.7. The maximum Gasteiger partial charge on any atom is 0.446 e. The molecule has 0 aliphatic carbocycles. The van der Waals surface area contributed by atoms with Crippen molar-refractivity contribution < 1.29 is 22.4 Å². The van der Waals surface area contributed by atoms with E-state index < -0.39 is 11.4 Å². The number of hydrogen-bond donors (Lipinski definition) is 1. The fourth-order valence-electron chi connectivity index (χ4n) is 1.78. The summed E-state index contributed by atoms with van der Waals surface area (Å²) in [6.07, 6.45) is 0. The van der Waals surface area contributed by atoms with Crippen LogP contribution in [0.3, 0.4) is 0 Å². The minimum atomic E-state index is -4.38. The van der Waals surface area contributed by atoms with Crippen LogP contribution in [0.15, 0.2) is 45.7 Å². The van der Waals surface area contributed by atoms with E-state index in [4.69, 9.17) is 16.0 Å². The summed E-state index contributed by atoms with van der Waals surface area (Å²) in [6.45, 7) is 0. The van der Waals surface area contributed by atoms with E-state index in [0.717, 1.165) is 0 Å². The molecule has 0 spiro atoms. The van der Waals surface area contributed by atoms with E-state index in [9.17, 15) is 18.0 Å². The van der Waals surface area contributed by atoms with Gasteiger partial charge in [0.1, 0.15) is 0 Å². The number of benzene rings is 1. The second kappa shape index (κ2) is 7.06. The number of amides is 1. The van der Waals surface area contributed by atoms with Crippen molar-refractivity contribution in [3.05, 3.63) is 46.3 Å². The number of alkyl halides is 3. The Kier molecular flexibility index (Phi) is 5.02. The first kappa shape index (κ1) is 17.8. The van der Waals surface area contributed by atoms with Gasteiger partial charge in [-0.25, -0.2) is 0 Å². The monoisotopic (exact) mass is 405 g/mol. The van der Waals surface area contributed by atoms with Gasteiger partial charge in [0.15, 0.2) is 0 Å². The minimum absolute atomic E-state index is 0.0151. The Labute approximate surface area is 152 Å². The van der Waals surface area contributed by atoms with Crippen molar-refractivity contribution in [2.45, 2.75) is 10.4 Å². The molecule has 0 unspecified atom stereocenters. The highest BCUT2D eigenvalue weighted by Gasteiger charge is 2.29. The topological polar surface area (TPSA) is 68.0 Å². The van der Waals surface area contributed by atoms with Crippen molar-refractivity contribution in [3.63, 3.8) is 0 Å². The zero-order valence-electron chi connectivity index (χ0n) is 12.0. The van der Waals surface area contributed by atoms with Crippen molar-refractivity contribution in [2.24, 2.45) is 0 Å². The molecule has 0 fully saturated rings. The predicted molar refractivity (Wildman–Crippen MR) is 88.9 cm³/mol. The van der Waals surface area contributed by atoms with Crippen molar-refractivity contribution in [1.29, 1.82) is 0 Å². The Bertz CT molecular complexity index is 893. The van der Waals surface area contributed by atoms with E-state index in [1.54, 1.807) is 12.1 Å². The average Bonchev–Trinajstić information content (AvgIpc) is 3.15. The van der Waals surface area contributed by atoms with Crippen LogP contribution in [0.1, 0.15) is 10.4 Å². The molecule has 1 aromatic carbocycles. The summed E-state index contributed by atoms with van der Waals surface area (Å²) in [6, 6.07) is 8.21. The quantitative estimate of drug-likeness (QED) is 0.595. The Balaban J connectivity index is 1.67. The molecule has 130 valence electrons. The number of anilines is 1. The third-order valence-electron chi connectivity index (χ3n) is 2.78. The third-order valence-corrected chi connectivity index (χ3v) is 4.74. The molecular weight excluding hydrogens is 399 g/mol. The van der Waals surface area contributed by atoms with Crippen LogP contribution in [0.5, 0.6) is 0 Å². The van der Waals surface area contributed by atoms with Crippen LogP contribution in [0.2, 0.25) is 4.34 Å². The first-order chi connectivity index (χ1) is 11.8. The Hall–Kier alpha value is -2.04. The normalized spacial score (nSPS) is 11.5. The van der Waals surface area contributed by atoms with Gasteiger partial charge in [-0.3, -0.25) is 10.1 Å². The summed E-state index contributed by atoms with van der Waals surface area (Å²) in [7, 11) is 0. The molecule has 0 saturated heterocycles. The average molecular weight is 406 g/mol. The molecule has 5 nitrogen and oxygen atoms in total. The lowest BCUT2D eigenvalue weighted by atomic mass is 10.2. The molecule has 1 N–H and O–H groups in total. The minimum Gasteiger partial charge on any atom is -0.402 e. The number of nitrogens with zero attached hydrogens (tertiary/aromatic N) is 2. The molecule has 0 aliphatic rings. The number of rotatable bonds is 4. The van der Waals surface area contributed by atoms with E-state index >= 15 is 0 Å². The van der Waals surface area contributed by atoms with E-state index in [0.29, 0.717) is 9.21 Å². The van der Waals surface area contributed by atoms with Crippen LogP contribution in [-0.2, 0) is 0 Å². The van der Waals surface area contributed by atoms with Gasteiger partial charge in [0, 0.05) is 10.5 Å². The van der Waals surface area contributed by atoms with Crippen LogP contribution in [0.25, 0.3) is 10.8 Å². The van der Waals surface area contributed by atoms with Crippen LogP contribution in [0.4, 0.5) is 19.2 Å². The SMILES string of the molecule is O=C(Nc1nnc(-c2ccc(Cl)s2)o1)c1ccc(SC(F)(F)F)cc1. The maximum atomic E-state index is 12.3. The molecule has 2 heterocycles. The van der Waals surface area contributed by atoms with Crippen LogP contribution in [0, 0.1) is 0 Å². The number of hydrogen-bond acceptors (Lipinski definition) is 6. The molecule has 0 atom stereocenters. The van der Waals surface area contributed by atoms with Crippen molar-refractivity contribution in [1.82, 2.24) is 10.2 Å². The number of nitrogens with one attached hydrogen (secondary N) is 1. The Morgan fingerprint density at radius 3 is 2.48 bits per heavy atom. The summed E-state index contributed by atoms with van der Waals surface area (Å²) in [5.41, 5.74) is -4.22. The lowest BCUT2D eigenvalue weighted by Gasteiger charge is -2.06. The van der Waals surface area contributed by atoms with Crippen molar-refractivity contribution >= 4 is 46.6 Å². The van der Waals surface area contributed by atoms with E-state index in [-0.39, 0.29) is 34.1 Å². The second-order valence-electron chi connectivity index (χ2n) is 4.54. The lowest BCUT2D eigenvalue weighted by Crippen LogP contribution is -2.12. The van der Waals surface area contributed by atoms with Gasteiger partial charge in [-0.1, -0.05) is 16.7 Å². The standard InChI is InChI=1S/C14H7ClF3N3O2S2/c15-10-6-5-9(24-10)12-20-21-13(23-12)19-11(22)7-1-3-8(4-2-7)25-14(16,17)18/h1-6H,(H,19,21,22). The molecule has 0 radical (unpaired) electrons. The molecule has 2 aromatic heterocycles. The smallest absolute Gasteiger partial charge is 0.402 e. The zero-order chi connectivity index (χ0) is 18.0. The first-order valence-electron chi connectivity index (χ1n) is 6.56. The van der Waals surface area contributed by atoms with Gasteiger partial charge in [0.25, 0.3) is 11.8 Å². The third kappa shape index (κ3) is 4.74. The molecule has 25 heavy (non-hydrogen) atoms. The second-order valence-corrected chi connectivity index (χ2v) is 7.40. The number of aromatic nitrogens is 2. The molecule has 0 saturated carbocycles. The summed E-state index contributed by atoms with van der Waals surface area (Å²) < 4.78 is 42.7. The summed E-state index contributed by atoms with van der Waals surface area (Å²) >= 11 is 6.80. The van der Waals surface area contributed by atoms with Gasteiger partial charge in [-0.15, -0.1) is 16.4 Å². The van der Waals surface area contributed by atoms with Gasteiger partial charge in [0.2, 0.25) is 0 Å². The highest BCUT2D eigenvalue weighted by molar-refractivity contribution is 8.00. The summed E-state index contributed by atoms with van der Waals surface area (Å²) in [5, 5.41) is 9.87. The number of thiophene rings is 1. The maximum absolute atomic E-state index is 12.3. The van der Waals surface area contributed by atoms with Gasteiger partial charge in [-0.05, 0) is 48.2 Å². The fraction of sp³-hybridized carbons (Fsp3) is 0.0714. The highest BCUT2D eigenvalue weighted by atomic mass is 35.5. The van der Waals surface area contributed by atoms with E-state index in [1.165, 1.54) is 35.6 Å².